The summed E-state index contributed by atoms with van der Waals surface area (Å²) in [7, 11) is 2.07. The molecule has 0 saturated heterocycles. The Morgan fingerprint density at radius 1 is 1.35 bits per heavy atom. The van der Waals surface area contributed by atoms with Crippen molar-refractivity contribution in [3.8, 4) is 0 Å². The largest absolute Gasteiger partial charge is 0.341 e. The van der Waals surface area contributed by atoms with E-state index in [0.717, 1.165) is 16.2 Å². The van der Waals surface area contributed by atoms with E-state index in [0.29, 0.717) is 16.7 Å². The zero-order valence-corrected chi connectivity index (χ0v) is 13.0. The molecule has 6 heteroatoms. The maximum Gasteiger partial charge on any atom is 0.181 e. The zero-order chi connectivity index (χ0) is 14.2. The molecule has 0 aliphatic heterocycles. The summed E-state index contributed by atoms with van der Waals surface area (Å²) in [6.45, 7) is 4.71. The van der Waals surface area contributed by atoms with E-state index in [4.69, 9.17) is 0 Å². The van der Waals surface area contributed by atoms with E-state index in [1.165, 1.54) is 19.3 Å². The van der Waals surface area contributed by atoms with Gasteiger partial charge in [-0.05, 0) is 25.3 Å². The summed E-state index contributed by atoms with van der Waals surface area (Å²) in [5.74, 6) is 0. The standard InChI is InChI=1S/C14H21N5S/c1-14(2)6-4-5-9(11(14)15-3)20-13-10-12(17-7-16-10)18-8-19-13/h7-9,11,15H,4-6H2,1-3H3,(H,16,17,18,19). The van der Waals surface area contributed by atoms with Crippen LogP contribution in [-0.2, 0) is 0 Å². The lowest BCUT2D eigenvalue weighted by molar-refractivity contribution is 0.182. The highest BCUT2D eigenvalue weighted by Gasteiger charge is 2.38. The molecule has 2 aromatic rings. The van der Waals surface area contributed by atoms with Crippen LogP contribution in [-0.4, -0.2) is 38.3 Å². The number of H-pyrrole nitrogens is 1. The van der Waals surface area contributed by atoms with Crippen LogP contribution < -0.4 is 5.32 Å². The minimum absolute atomic E-state index is 0.324. The van der Waals surface area contributed by atoms with Crippen molar-refractivity contribution in [3.05, 3.63) is 12.7 Å². The van der Waals surface area contributed by atoms with E-state index in [-0.39, 0.29) is 0 Å². The molecule has 2 atom stereocenters. The summed E-state index contributed by atoms with van der Waals surface area (Å²) in [5, 5.41) is 5.06. The van der Waals surface area contributed by atoms with Crippen LogP contribution in [0.4, 0.5) is 0 Å². The van der Waals surface area contributed by atoms with E-state index < -0.39 is 0 Å². The van der Waals surface area contributed by atoms with E-state index in [1.807, 2.05) is 11.8 Å². The van der Waals surface area contributed by atoms with Crippen LogP contribution in [0.15, 0.2) is 17.7 Å². The molecule has 0 aromatic carbocycles. The van der Waals surface area contributed by atoms with Gasteiger partial charge >= 0.3 is 0 Å². The molecule has 0 amide bonds. The Labute approximate surface area is 123 Å². The van der Waals surface area contributed by atoms with Gasteiger partial charge in [-0.25, -0.2) is 15.0 Å². The van der Waals surface area contributed by atoms with Crippen LogP contribution in [0.3, 0.4) is 0 Å². The quantitative estimate of drug-likeness (QED) is 0.851. The molecular weight excluding hydrogens is 270 g/mol. The normalized spacial score (nSPS) is 25.9. The van der Waals surface area contributed by atoms with Gasteiger partial charge in [-0.1, -0.05) is 32.0 Å². The number of fused-ring (bicyclic) bond motifs is 1. The van der Waals surface area contributed by atoms with Crippen molar-refractivity contribution >= 4 is 22.9 Å². The maximum absolute atomic E-state index is 4.44. The first-order chi connectivity index (χ1) is 9.62. The van der Waals surface area contributed by atoms with Crippen molar-refractivity contribution < 1.29 is 0 Å². The Balaban J connectivity index is 1.88. The maximum atomic E-state index is 4.44. The highest BCUT2D eigenvalue weighted by atomic mass is 32.2. The monoisotopic (exact) mass is 291 g/mol. The minimum atomic E-state index is 0.324. The molecule has 2 aromatic heterocycles. The molecule has 3 rings (SSSR count). The number of aromatic amines is 1. The molecule has 108 valence electrons. The summed E-state index contributed by atoms with van der Waals surface area (Å²) in [6.07, 6.45) is 7.07. The summed E-state index contributed by atoms with van der Waals surface area (Å²) in [4.78, 5) is 16.0. The number of rotatable bonds is 3. The van der Waals surface area contributed by atoms with Crippen LogP contribution >= 0.6 is 11.8 Å². The molecule has 0 radical (unpaired) electrons. The van der Waals surface area contributed by atoms with Gasteiger partial charge in [-0.2, -0.15) is 0 Å². The molecule has 2 N–H and O–H groups in total. The van der Waals surface area contributed by atoms with Crippen molar-refractivity contribution in [2.45, 2.75) is 49.4 Å². The fourth-order valence-corrected chi connectivity index (χ4v) is 4.85. The molecule has 2 heterocycles. The SMILES string of the molecule is CNC1C(Sc2ncnc3nc[nH]c23)CCCC1(C)C. The third-order valence-electron chi connectivity index (χ3n) is 4.29. The van der Waals surface area contributed by atoms with Crippen molar-refractivity contribution in [2.24, 2.45) is 5.41 Å². The Morgan fingerprint density at radius 3 is 3.00 bits per heavy atom. The van der Waals surface area contributed by atoms with Gasteiger partial charge in [0.05, 0.1) is 6.33 Å². The molecule has 1 fully saturated rings. The summed E-state index contributed by atoms with van der Waals surface area (Å²) >= 11 is 1.85. The second kappa shape index (κ2) is 5.33. The summed E-state index contributed by atoms with van der Waals surface area (Å²) in [5.41, 5.74) is 2.03. The fourth-order valence-electron chi connectivity index (χ4n) is 3.26. The number of thioether (sulfide) groups is 1. The zero-order valence-electron chi connectivity index (χ0n) is 12.2. The Kier molecular flexibility index (Phi) is 3.69. The molecule has 5 nitrogen and oxygen atoms in total. The van der Waals surface area contributed by atoms with Gasteiger partial charge in [0, 0.05) is 11.3 Å². The molecule has 1 saturated carbocycles. The van der Waals surface area contributed by atoms with Crippen LogP contribution in [0.1, 0.15) is 33.1 Å². The Bertz CT molecular complexity index is 594. The van der Waals surface area contributed by atoms with Gasteiger partial charge in [0.1, 0.15) is 16.9 Å². The fraction of sp³-hybridized carbons (Fsp3) is 0.643. The summed E-state index contributed by atoms with van der Waals surface area (Å²) < 4.78 is 0. The molecule has 0 bridgehead atoms. The van der Waals surface area contributed by atoms with Gasteiger partial charge in [0.15, 0.2) is 5.65 Å². The lowest BCUT2D eigenvalue weighted by Crippen LogP contribution is -2.49. The smallest absolute Gasteiger partial charge is 0.181 e. The molecular formula is C14H21N5S. The van der Waals surface area contributed by atoms with Gasteiger partial charge in [0.2, 0.25) is 0 Å². The van der Waals surface area contributed by atoms with Gasteiger partial charge in [0.25, 0.3) is 0 Å². The predicted octanol–water partition coefficient (Wildman–Crippen LogP) is 2.61. The first-order valence-corrected chi connectivity index (χ1v) is 7.98. The van der Waals surface area contributed by atoms with Crippen LogP contribution in [0.2, 0.25) is 0 Å². The molecule has 0 spiro atoms. The molecule has 1 aliphatic carbocycles. The van der Waals surface area contributed by atoms with Crippen molar-refractivity contribution in [1.29, 1.82) is 0 Å². The molecule has 20 heavy (non-hydrogen) atoms. The van der Waals surface area contributed by atoms with E-state index in [9.17, 15) is 0 Å². The van der Waals surface area contributed by atoms with E-state index >= 15 is 0 Å². The minimum Gasteiger partial charge on any atom is -0.341 e. The number of hydrogen-bond acceptors (Lipinski definition) is 5. The average molecular weight is 291 g/mol. The number of nitrogens with one attached hydrogen (secondary N) is 2. The van der Waals surface area contributed by atoms with Gasteiger partial charge in [-0.3, -0.25) is 0 Å². The second-order valence-electron chi connectivity index (χ2n) is 6.08. The predicted molar refractivity (Wildman–Crippen MR) is 81.8 cm³/mol. The van der Waals surface area contributed by atoms with Crippen molar-refractivity contribution in [1.82, 2.24) is 25.3 Å². The third-order valence-corrected chi connectivity index (χ3v) is 5.63. The van der Waals surface area contributed by atoms with Crippen LogP contribution in [0.25, 0.3) is 11.2 Å². The highest BCUT2D eigenvalue weighted by Crippen LogP contribution is 2.42. The number of nitrogens with zero attached hydrogens (tertiary/aromatic N) is 3. The van der Waals surface area contributed by atoms with Gasteiger partial charge in [-0.15, -0.1) is 0 Å². The highest BCUT2D eigenvalue weighted by molar-refractivity contribution is 8.00. The summed E-state index contributed by atoms with van der Waals surface area (Å²) in [6, 6.07) is 0.495. The first-order valence-electron chi connectivity index (χ1n) is 7.10. The molecule has 2 unspecified atom stereocenters. The van der Waals surface area contributed by atoms with Crippen LogP contribution in [0.5, 0.6) is 0 Å². The van der Waals surface area contributed by atoms with Crippen molar-refractivity contribution in [3.63, 3.8) is 0 Å². The molecule has 1 aliphatic rings. The lowest BCUT2D eigenvalue weighted by Gasteiger charge is -2.43. The topological polar surface area (TPSA) is 66.5 Å². The van der Waals surface area contributed by atoms with E-state index in [2.05, 4.69) is 46.1 Å². The van der Waals surface area contributed by atoms with Gasteiger partial charge < -0.3 is 10.3 Å². The lowest BCUT2D eigenvalue weighted by atomic mass is 9.73. The Hall–Kier alpha value is -1.14. The number of imidazole rings is 1. The third kappa shape index (κ3) is 2.42. The van der Waals surface area contributed by atoms with Crippen LogP contribution in [0, 0.1) is 5.41 Å². The van der Waals surface area contributed by atoms with E-state index in [1.54, 1.807) is 12.7 Å². The number of aromatic nitrogens is 4. The average Bonchev–Trinajstić information content (AvgIpc) is 2.87. The number of hydrogen-bond donors (Lipinski definition) is 2. The first kappa shape index (κ1) is 13.8. The Morgan fingerprint density at radius 2 is 2.20 bits per heavy atom. The van der Waals surface area contributed by atoms with Crippen molar-refractivity contribution in [2.75, 3.05) is 7.05 Å². The second-order valence-corrected chi connectivity index (χ2v) is 7.31.